The van der Waals surface area contributed by atoms with Crippen LogP contribution < -0.4 is 15.0 Å². The molecule has 132 valence electrons. The van der Waals surface area contributed by atoms with E-state index in [2.05, 4.69) is 27.1 Å². The number of ether oxygens (including phenoxy) is 1. The van der Waals surface area contributed by atoms with Crippen molar-refractivity contribution < 1.29 is 9.53 Å². The first kappa shape index (κ1) is 17.2. The van der Waals surface area contributed by atoms with E-state index >= 15 is 0 Å². The van der Waals surface area contributed by atoms with Crippen molar-refractivity contribution in [2.24, 2.45) is 0 Å². The lowest BCUT2D eigenvalue weighted by Crippen LogP contribution is -2.44. The second-order valence-electron chi connectivity index (χ2n) is 6.20. The molecule has 0 bridgehead atoms. The Labute approximate surface area is 148 Å². The highest BCUT2D eigenvalue weighted by atomic mass is 16.5. The fourth-order valence-electron chi connectivity index (χ4n) is 2.85. The number of carbonyl (C=O) groups excluding carboxylic acids is 1. The van der Waals surface area contributed by atoms with Crippen LogP contribution >= 0.6 is 0 Å². The summed E-state index contributed by atoms with van der Waals surface area (Å²) >= 11 is 0. The molecule has 25 heavy (non-hydrogen) atoms. The van der Waals surface area contributed by atoms with Gasteiger partial charge >= 0.3 is 0 Å². The molecule has 1 saturated heterocycles. The molecule has 1 aliphatic heterocycles. The van der Waals surface area contributed by atoms with Crippen LogP contribution in [-0.4, -0.2) is 56.1 Å². The van der Waals surface area contributed by atoms with Crippen LogP contribution in [0.3, 0.4) is 0 Å². The zero-order valence-electron chi connectivity index (χ0n) is 14.7. The summed E-state index contributed by atoms with van der Waals surface area (Å²) in [7, 11) is 3.70. The van der Waals surface area contributed by atoms with Crippen LogP contribution in [0.15, 0.2) is 42.6 Å². The monoisotopic (exact) mass is 340 g/mol. The minimum Gasteiger partial charge on any atom is -0.496 e. The minimum absolute atomic E-state index is 0.152. The summed E-state index contributed by atoms with van der Waals surface area (Å²) in [4.78, 5) is 21.5. The Morgan fingerprint density at radius 3 is 2.60 bits per heavy atom. The Morgan fingerprint density at radius 2 is 1.92 bits per heavy atom. The van der Waals surface area contributed by atoms with Crippen molar-refractivity contribution in [2.75, 3.05) is 45.2 Å². The Hall–Kier alpha value is -2.60. The standard InChI is InChI=1S/C19H24N4O2/c1-22-9-11-23(12-10-22)18-8-7-15(13-20-18)14-21-19(24)16-5-3-4-6-17(16)25-2/h3-8,13H,9-12,14H2,1-2H3,(H,21,24). The first-order valence-electron chi connectivity index (χ1n) is 8.47. The molecule has 1 fully saturated rings. The highest BCUT2D eigenvalue weighted by Gasteiger charge is 2.15. The summed E-state index contributed by atoms with van der Waals surface area (Å²) < 4.78 is 5.23. The molecule has 6 heteroatoms. The number of rotatable bonds is 5. The summed E-state index contributed by atoms with van der Waals surface area (Å²) in [5.41, 5.74) is 1.51. The van der Waals surface area contributed by atoms with E-state index in [0.717, 1.165) is 37.6 Å². The number of piperazine rings is 1. The van der Waals surface area contributed by atoms with Crippen molar-refractivity contribution in [3.8, 4) is 5.75 Å². The molecule has 1 aliphatic rings. The molecule has 1 N–H and O–H groups in total. The number of aromatic nitrogens is 1. The zero-order valence-corrected chi connectivity index (χ0v) is 14.7. The van der Waals surface area contributed by atoms with E-state index in [1.807, 2.05) is 30.5 Å². The van der Waals surface area contributed by atoms with E-state index in [-0.39, 0.29) is 5.91 Å². The number of para-hydroxylation sites is 1. The molecular formula is C19H24N4O2. The quantitative estimate of drug-likeness (QED) is 0.899. The molecule has 2 heterocycles. The van der Waals surface area contributed by atoms with Crippen LogP contribution in [0.2, 0.25) is 0 Å². The topological polar surface area (TPSA) is 57.7 Å². The molecule has 0 atom stereocenters. The van der Waals surface area contributed by atoms with Crippen LogP contribution in [0.1, 0.15) is 15.9 Å². The van der Waals surface area contributed by atoms with Crippen molar-refractivity contribution in [1.29, 1.82) is 0 Å². The fraction of sp³-hybridized carbons (Fsp3) is 0.368. The Bertz CT molecular complexity index is 710. The number of pyridine rings is 1. The SMILES string of the molecule is COc1ccccc1C(=O)NCc1ccc(N2CCN(C)CC2)nc1. The van der Waals surface area contributed by atoms with E-state index in [1.165, 1.54) is 0 Å². The molecule has 0 radical (unpaired) electrons. The number of methoxy groups -OCH3 is 1. The first-order valence-corrected chi connectivity index (χ1v) is 8.47. The molecule has 0 saturated carbocycles. The number of benzene rings is 1. The van der Waals surface area contributed by atoms with Gasteiger partial charge < -0.3 is 19.9 Å². The molecule has 2 aromatic rings. The van der Waals surface area contributed by atoms with Crippen LogP contribution in [0.25, 0.3) is 0 Å². The Balaban J connectivity index is 1.57. The van der Waals surface area contributed by atoms with Crippen LogP contribution in [-0.2, 0) is 6.54 Å². The van der Waals surface area contributed by atoms with Gasteiger partial charge in [0, 0.05) is 38.9 Å². The van der Waals surface area contributed by atoms with Gasteiger partial charge in [-0.25, -0.2) is 4.98 Å². The average Bonchev–Trinajstić information content (AvgIpc) is 2.67. The van der Waals surface area contributed by atoms with Gasteiger partial charge in [-0.2, -0.15) is 0 Å². The third kappa shape index (κ3) is 4.28. The van der Waals surface area contributed by atoms with Crippen LogP contribution in [0.4, 0.5) is 5.82 Å². The third-order valence-corrected chi connectivity index (χ3v) is 4.44. The molecule has 6 nitrogen and oxygen atoms in total. The predicted molar refractivity (Wildman–Crippen MR) is 98.1 cm³/mol. The number of likely N-dealkylation sites (N-methyl/N-ethyl adjacent to an activating group) is 1. The van der Waals surface area contributed by atoms with Gasteiger partial charge in [0.25, 0.3) is 5.91 Å². The van der Waals surface area contributed by atoms with E-state index in [9.17, 15) is 4.79 Å². The zero-order chi connectivity index (χ0) is 17.6. The summed E-state index contributed by atoms with van der Waals surface area (Å²) in [5.74, 6) is 1.41. The summed E-state index contributed by atoms with van der Waals surface area (Å²) in [6, 6.07) is 11.2. The number of nitrogens with zero attached hydrogens (tertiary/aromatic N) is 3. The van der Waals surface area contributed by atoms with Gasteiger partial charge in [-0.15, -0.1) is 0 Å². The van der Waals surface area contributed by atoms with Crippen molar-refractivity contribution in [3.05, 3.63) is 53.7 Å². The van der Waals surface area contributed by atoms with E-state index in [0.29, 0.717) is 17.9 Å². The molecular weight excluding hydrogens is 316 g/mol. The van der Waals surface area contributed by atoms with Gasteiger partial charge in [0.1, 0.15) is 11.6 Å². The van der Waals surface area contributed by atoms with Gasteiger partial charge in [-0.1, -0.05) is 18.2 Å². The molecule has 3 rings (SSSR count). The summed E-state index contributed by atoms with van der Waals surface area (Å²) in [6.45, 7) is 4.53. The molecule has 0 aliphatic carbocycles. The molecule has 1 amide bonds. The Morgan fingerprint density at radius 1 is 1.16 bits per heavy atom. The lowest BCUT2D eigenvalue weighted by molar-refractivity contribution is 0.0948. The van der Waals surface area contributed by atoms with Crippen LogP contribution in [0.5, 0.6) is 5.75 Å². The number of carbonyl (C=O) groups is 1. The molecule has 0 spiro atoms. The number of anilines is 1. The maximum atomic E-state index is 12.3. The number of hydrogen-bond acceptors (Lipinski definition) is 5. The minimum atomic E-state index is -0.152. The lowest BCUT2D eigenvalue weighted by Gasteiger charge is -2.33. The van der Waals surface area contributed by atoms with E-state index in [4.69, 9.17) is 4.74 Å². The number of hydrogen-bond donors (Lipinski definition) is 1. The second-order valence-corrected chi connectivity index (χ2v) is 6.20. The number of amides is 1. The third-order valence-electron chi connectivity index (χ3n) is 4.44. The average molecular weight is 340 g/mol. The largest absolute Gasteiger partial charge is 0.496 e. The van der Waals surface area contributed by atoms with Gasteiger partial charge in [0.15, 0.2) is 0 Å². The van der Waals surface area contributed by atoms with Crippen LogP contribution in [0, 0.1) is 0 Å². The summed E-state index contributed by atoms with van der Waals surface area (Å²) in [6.07, 6.45) is 1.83. The maximum Gasteiger partial charge on any atom is 0.255 e. The van der Waals surface area contributed by atoms with Crippen molar-refractivity contribution >= 4 is 11.7 Å². The van der Waals surface area contributed by atoms with E-state index in [1.54, 1.807) is 19.2 Å². The normalized spacial score (nSPS) is 15.0. The molecule has 0 unspecified atom stereocenters. The highest BCUT2D eigenvalue weighted by Crippen LogP contribution is 2.17. The Kier molecular flexibility index (Phi) is 5.50. The van der Waals surface area contributed by atoms with Gasteiger partial charge in [0.2, 0.25) is 0 Å². The van der Waals surface area contributed by atoms with Crippen molar-refractivity contribution in [3.63, 3.8) is 0 Å². The summed E-state index contributed by atoms with van der Waals surface area (Å²) in [5, 5.41) is 2.92. The van der Waals surface area contributed by atoms with Crippen molar-refractivity contribution in [2.45, 2.75) is 6.54 Å². The fourth-order valence-corrected chi connectivity index (χ4v) is 2.85. The van der Waals surface area contributed by atoms with Gasteiger partial charge in [-0.3, -0.25) is 4.79 Å². The van der Waals surface area contributed by atoms with Gasteiger partial charge in [0.05, 0.1) is 12.7 Å². The predicted octanol–water partition coefficient (Wildman–Crippen LogP) is 1.77. The smallest absolute Gasteiger partial charge is 0.255 e. The lowest BCUT2D eigenvalue weighted by atomic mass is 10.2. The molecule has 1 aromatic heterocycles. The van der Waals surface area contributed by atoms with Gasteiger partial charge in [-0.05, 0) is 30.8 Å². The number of nitrogens with one attached hydrogen (secondary N) is 1. The first-order chi connectivity index (χ1) is 12.2. The highest BCUT2D eigenvalue weighted by molar-refractivity contribution is 5.96. The second kappa shape index (κ2) is 7.98. The molecule has 1 aromatic carbocycles. The maximum absolute atomic E-state index is 12.3. The van der Waals surface area contributed by atoms with E-state index < -0.39 is 0 Å². The van der Waals surface area contributed by atoms with Crippen molar-refractivity contribution in [1.82, 2.24) is 15.2 Å².